The average molecular weight is 387 g/mol. The quantitative estimate of drug-likeness (QED) is 0.581. The van der Waals surface area contributed by atoms with Crippen molar-refractivity contribution in [3.05, 3.63) is 76.3 Å². The van der Waals surface area contributed by atoms with E-state index in [1.54, 1.807) is 35.4 Å². The van der Waals surface area contributed by atoms with E-state index in [-0.39, 0.29) is 10.7 Å². The van der Waals surface area contributed by atoms with Crippen LogP contribution < -0.4 is 5.32 Å². The van der Waals surface area contributed by atoms with Gasteiger partial charge in [-0.2, -0.15) is 10.2 Å². The van der Waals surface area contributed by atoms with Crippen molar-refractivity contribution >= 4 is 40.6 Å². The lowest BCUT2D eigenvalue weighted by atomic mass is 10.2. The summed E-state index contributed by atoms with van der Waals surface area (Å²) in [6.07, 6.45) is 5.01. The second-order valence-corrected chi connectivity index (χ2v) is 6.28. The Morgan fingerprint density at radius 3 is 2.73 bits per heavy atom. The smallest absolute Gasteiger partial charge is 0.279 e. The third-order valence-electron chi connectivity index (χ3n) is 3.73. The number of anilines is 1. The molecule has 0 saturated heterocycles. The maximum Gasteiger partial charge on any atom is 0.279 e. The fourth-order valence-electron chi connectivity index (χ4n) is 2.50. The average Bonchev–Trinajstić information content (AvgIpc) is 3.22. The van der Waals surface area contributed by atoms with Gasteiger partial charge in [-0.1, -0.05) is 41.4 Å². The topological polar surface area (TPSA) is 77.1 Å². The summed E-state index contributed by atoms with van der Waals surface area (Å²) in [4.78, 5) is 16.6. The number of nitrogens with one attached hydrogen (secondary N) is 1. The van der Waals surface area contributed by atoms with Crippen LogP contribution in [0.5, 0.6) is 0 Å². The fraction of sp³-hybridized carbons (Fsp3) is 0.0588. The minimum atomic E-state index is -0.455. The number of amides is 1. The highest BCUT2D eigenvalue weighted by Crippen LogP contribution is 2.21. The zero-order chi connectivity index (χ0) is 18.1. The van der Waals surface area contributed by atoms with Gasteiger partial charge in [0.05, 0.1) is 6.54 Å². The van der Waals surface area contributed by atoms with Gasteiger partial charge in [-0.15, -0.1) is 0 Å². The predicted molar refractivity (Wildman–Crippen MR) is 98.7 cm³/mol. The van der Waals surface area contributed by atoms with Crippen LogP contribution in [0.15, 0.2) is 55.0 Å². The van der Waals surface area contributed by atoms with Gasteiger partial charge in [0.1, 0.15) is 5.02 Å². The number of carbonyl (C=O) groups is 1. The summed E-state index contributed by atoms with van der Waals surface area (Å²) >= 11 is 12.4. The van der Waals surface area contributed by atoms with Crippen LogP contribution in [0.3, 0.4) is 0 Å². The van der Waals surface area contributed by atoms with Gasteiger partial charge in [0.15, 0.2) is 17.2 Å². The van der Waals surface area contributed by atoms with Crippen molar-refractivity contribution < 1.29 is 4.79 Å². The summed E-state index contributed by atoms with van der Waals surface area (Å²) in [6.45, 7) is 0.495. The fourth-order valence-corrected chi connectivity index (χ4v) is 2.95. The number of hydrogen-bond donors (Lipinski definition) is 1. The number of fused-ring (bicyclic) bond motifs is 1. The summed E-state index contributed by atoms with van der Waals surface area (Å²) in [6, 6.07) is 10.9. The minimum absolute atomic E-state index is 0.0889. The molecular weight excluding hydrogens is 375 g/mol. The number of benzene rings is 1. The first-order chi connectivity index (χ1) is 12.6. The molecule has 0 aliphatic heterocycles. The van der Waals surface area contributed by atoms with Crippen molar-refractivity contribution in [3.8, 4) is 0 Å². The van der Waals surface area contributed by atoms with E-state index in [1.807, 2.05) is 24.3 Å². The second-order valence-electron chi connectivity index (χ2n) is 5.49. The predicted octanol–water partition coefficient (Wildman–Crippen LogP) is 3.53. The van der Waals surface area contributed by atoms with E-state index in [9.17, 15) is 4.79 Å². The molecule has 1 N–H and O–H groups in total. The summed E-state index contributed by atoms with van der Waals surface area (Å²) in [5.41, 5.74) is 1.44. The van der Waals surface area contributed by atoms with Crippen molar-refractivity contribution in [1.82, 2.24) is 24.4 Å². The maximum absolute atomic E-state index is 12.5. The van der Waals surface area contributed by atoms with E-state index in [4.69, 9.17) is 23.2 Å². The molecule has 0 bridgehead atoms. The van der Waals surface area contributed by atoms with E-state index >= 15 is 0 Å². The molecule has 0 aliphatic carbocycles. The number of rotatable bonds is 4. The van der Waals surface area contributed by atoms with Gasteiger partial charge in [-0.25, -0.2) is 9.50 Å². The van der Waals surface area contributed by atoms with E-state index in [2.05, 4.69) is 20.5 Å². The van der Waals surface area contributed by atoms with Crippen LogP contribution in [-0.2, 0) is 6.54 Å². The van der Waals surface area contributed by atoms with Crippen LogP contribution in [0.2, 0.25) is 10.0 Å². The van der Waals surface area contributed by atoms with Crippen molar-refractivity contribution in [2.24, 2.45) is 0 Å². The number of nitrogens with zero attached hydrogens (tertiary/aromatic N) is 5. The van der Waals surface area contributed by atoms with E-state index < -0.39 is 5.91 Å². The molecule has 9 heteroatoms. The normalized spacial score (nSPS) is 11.0. The van der Waals surface area contributed by atoms with Gasteiger partial charge in [0.25, 0.3) is 5.91 Å². The second kappa shape index (κ2) is 6.78. The molecule has 3 heterocycles. The van der Waals surface area contributed by atoms with Crippen molar-refractivity contribution in [3.63, 3.8) is 0 Å². The highest BCUT2D eigenvalue weighted by atomic mass is 35.5. The molecule has 0 fully saturated rings. The monoisotopic (exact) mass is 386 g/mol. The molecule has 0 atom stereocenters. The zero-order valence-corrected chi connectivity index (χ0v) is 14.8. The van der Waals surface area contributed by atoms with Gasteiger partial charge in [0, 0.05) is 29.7 Å². The lowest BCUT2D eigenvalue weighted by molar-refractivity contribution is 0.102. The SMILES string of the molecule is O=C(Nc1ccn(Cc2ccccc2Cl)n1)c1nn2cccnc2c1Cl. The Hall–Kier alpha value is -2.90. The molecule has 0 saturated carbocycles. The first kappa shape index (κ1) is 16.6. The van der Waals surface area contributed by atoms with Crippen molar-refractivity contribution in [1.29, 1.82) is 0 Å². The van der Waals surface area contributed by atoms with Crippen LogP contribution in [-0.4, -0.2) is 30.3 Å². The summed E-state index contributed by atoms with van der Waals surface area (Å²) in [5, 5.41) is 12.0. The standard InChI is InChI=1S/C17H12Cl2N6O/c18-12-5-2-1-4-11(12)10-24-9-6-13(22-24)21-17(26)15-14(19)16-20-7-3-8-25(16)23-15/h1-9H,10H2,(H,21,22,26). The molecule has 4 aromatic rings. The van der Waals surface area contributed by atoms with Crippen LogP contribution in [0.25, 0.3) is 5.65 Å². The molecule has 1 amide bonds. The molecule has 7 nitrogen and oxygen atoms in total. The Morgan fingerprint density at radius 2 is 1.92 bits per heavy atom. The Labute approximate surface area is 158 Å². The van der Waals surface area contributed by atoms with Gasteiger partial charge in [0.2, 0.25) is 0 Å². The van der Waals surface area contributed by atoms with E-state index in [1.165, 1.54) is 4.52 Å². The number of carbonyl (C=O) groups excluding carboxylic acids is 1. The Morgan fingerprint density at radius 1 is 1.08 bits per heavy atom. The van der Waals surface area contributed by atoms with Gasteiger partial charge < -0.3 is 5.32 Å². The first-order valence-corrected chi connectivity index (χ1v) is 8.44. The zero-order valence-electron chi connectivity index (χ0n) is 13.3. The van der Waals surface area contributed by atoms with E-state index in [0.29, 0.717) is 23.0 Å². The highest BCUT2D eigenvalue weighted by Gasteiger charge is 2.19. The molecule has 0 radical (unpaired) electrons. The maximum atomic E-state index is 12.5. The minimum Gasteiger partial charge on any atom is -0.304 e. The molecule has 130 valence electrons. The third kappa shape index (κ3) is 3.14. The van der Waals surface area contributed by atoms with Crippen LogP contribution >= 0.6 is 23.2 Å². The van der Waals surface area contributed by atoms with E-state index in [0.717, 1.165) is 5.56 Å². The summed E-state index contributed by atoms with van der Waals surface area (Å²) < 4.78 is 3.14. The van der Waals surface area contributed by atoms with Gasteiger partial charge in [-0.3, -0.25) is 9.48 Å². The number of aromatic nitrogens is 5. The first-order valence-electron chi connectivity index (χ1n) is 7.69. The Balaban J connectivity index is 1.52. The Bertz CT molecular complexity index is 1100. The van der Waals surface area contributed by atoms with Crippen LogP contribution in [0, 0.1) is 0 Å². The summed E-state index contributed by atoms with van der Waals surface area (Å²) in [7, 11) is 0. The van der Waals surface area contributed by atoms with Crippen LogP contribution in [0.1, 0.15) is 16.1 Å². The molecule has 3 aromatic heterocycles. The molecule has 4 rings (SSSR count). The lowest BCUT2D eigenvalue weighted by Gasteiger charge is -2.04. The lowest BCUT2D eigenvalue weighted by Crippen LogP contribution is -2.14. The highest BCUT2D eigenvalue weighted by molar-refractivity contribution is 6.37. The van der Waals surface area contributed by atoms with Gasteiger partial charge in [-0.05, 0) is 17.7 Å². The van der Waals surface area contributed by atoms with Crippen molar-refractivity contribution in [2.75, 3.05) is 5.32 Å². The molecule has 0 unspecified atom stereocenters. The van der Waals surface area contributed by atoms with Crippen LogP contribution in [0.4, 0.5) is 5.82 Å². The molecule has 1 aromatic carbocycles. The number of hydrogen-bond acceptors (Lipinski definition) is 4. The van der Waals surface area contributed by atoms with Gasteiger partial charge >= 0.3 is 0 Å². The largest absolute Gasteiger partial charge is 0.304 e. The molecular formula is C17H12Cl2N6O. The molecule has 0 aliphatic rings. The summed E-state index contributed by atoms with van der Waals surface area (Å²) in [5.74, 6) is -0.0633. The van der Waals surface area contributed by atoms with Crippen molar-refractivity contribution in [2.45, 2.75) is 6.54 Å². The number of halogens is 2. The molecule has 0 spiro atoms. The Kier molecular flexibility index (Phi) is 4.32. The third-order valence-corrected chi connectivity index (χ3v) is 4.44. The molecule has 26 heavy (non-hydrogen) atoms.